The van der Waals surface area contributed by atoms with Crippen molar-refractivity contribution < 1.29 is 0 Å². The van der Waals surface area contributed by atoms with Crippen molar-refractivity contribution >= 4 is 5.96 Å². The Labute approximate surface area is 155 Å². The zero-order chi connectivity index (χ0) is 17.9. The fraction of sp³-hybridized carbons (Fsp3) is 0.950. The molecule has 2 aliphatic rings. The average Bonchev–Trinajstić information content (AvgIpc) is 2.81. The van der Waals surface area contributed by atoms with Crippen LogP contribution in [0, 0.1) is 11.8 Å². The molecule has 0 aromatic rings. The summed E-state index contributed by atoms with van der Waals surface area (Å²) < 4.78 is 0. The smallest absolute Gasteiger partial charge is 0.190 e. The van der Waals surface area contributed by atoms with E-state index in [9.17, 15) is 0 Å². The molecular weight excluding hydrogens is 310 g/mol. The number of nitrogens with one attached hydrogen (secondary N) is 2. The molecular formula is C20H41N5. The third-order valence-electron chi connectivity index (χ3n) is 5.87. The summed E-state index contributed by atoms with van der Waals surface area (Å²) in [4.78, 5) is 9.41. The number of nitrogens with zero attached hydrogens (tertiary/aromatic N) is 3. The van der Waals surface area contributed by atoms with Gasteiger partial charge in [-0.1, -0.05) is 26.2 Å². The van der Waals surface area contributed by atoms with Gasteiger partial charge in [0.2, 0.25) is 0 Å². The lowest BCUT2D eigenvalue weighted by atomic mass is 9.81. The first-order valence-electron chi connectivity index (χ1n) is 10.5. The highest BCUT2D eigenvalue weighted by molar-refractivity contribution is 5.79. The molecule has 1 aliphatic heterocycles. The lowest BCUT2D eigenvalue weighted by Crippen LogP contribution is -2.40. The maximum Gasteiger partial charge on any atom is 0.190 e. The van der Waals surface area contributed by atoms with Crippen LogP contribution in [0.25, 0.3) is 0 Å². The highest BCUT2D eigenvalue weighted by atomic mass is 15.2. The van der Waals surface area contributed by atoms with Gasteiger partial charge in [-0.2, -0.15) is 0 Å². The van der Waals surface area contributed by atoms with Crippen molar-refractivity contribution in [1.29, 1.82) is 0 Å². The minimum atomic E-state index is 0.913. The predicted molar refractivity (Wildman–Crippen MR) is 108 cm³/mol. The molecule has 25 heavy (non-hydrogen) atoms. The van der Waals surface area contributed by atoms with Gasteiger partial charge in [-0.25, -0.2) is 0 Å². The van der Waals surface area contributed by atoms with Crippen molar-refractivity contribution in [2.75, 3.05) is 59.9 Å². The largest absolute Gasteiger partial charge is 0.356 e. The van der Waals surface area contributed by atoms with Gasteiger partial charge in [-0.15, -0.1) is 0 Å². The molecule has 1 heterocycles. The van der Waals surface area contributed by atoms with E-state index in [-0.39, 0.29) is 0 Å². The zero-order valence-corrected chi connectivity index (χ0v) is 16.9. The van der Waals surface area contributed by atoms with E-state index in [4.69, 9.17) is 0 Å². The van der Waals surface area contributed by atoms with Crippen molar-refractivity contribution in [3.8, 4) is 0 Å². The van der Waals surface area contributed by atoms with E-state index in [0.29, 0.717) is 0 Å². The lowest BCUT2D eigenvalue weighted by Gasteiger charge is -2.27. The van der Waals surface area contributed by atoms with Crippen LogP contribution in [0.15, 0.2) is 4.99 Å². The molecule has 1 saturated heterocycles. The maximum atomic E-state index is 4.37. The third-order valence-corrected chi connectivity index (χ3v) is 5.87. The molecule has 146 valence electrons. The first-order valence-corrected chi connectivity index (χ1v) is 10.5. The van der Waals surface area contributed by atoms with Gasteiger partial charge >= 0.3 is 0 Å². The number of likely N-dealkylation sites (N-methyl/N-ethyl adjacent to an activating group) is 1. The van der Waals surface area contributed by atoms with Crippen LogP contribution >= 0.6 is 0 Å². The number of guanidine groups is 1. The molecule has 2 N–H and O–H groups in total. The first kappa shape index (κ1) is 20.5. The maximum absolute atomic E-state index is 4.37. The van der Waals surface area contributed by atoms with Gasteiger partial charge in [-0.05, 0) is 64.2 Å². The Balaban J connectivity index is 1.53. The minimum Gasteiger partial charge on any atom is -0.356 e. The second-order valence-electron chi connectivity index (χ2n) is 8.20. The van der Waals surface area contributed by atoms with Crippen molar-refractivity contribution in [2.24, 2.45) is 16.8 Å². The van der Waals surface area contributed by atoms with E-state index in [1.807, 2.05) is 7.05 Å². The Bertz CT molecular complexity index is 384. The first-order chi connectivity index (χ1) is 12.2. The molecule has 1 saturated carbocycles. The Hall–Kier alpha value is -0.810. The van der Waals surface area contributed by atoms with Gasteiger partial charge in [0.25, 0.3) is 0 Å². The summed E-state index contributed by atoms with van der Waals surface area (Å²) in [6.07, 6.45) is 9.46. The summed E-state index contributed by atoms with van der Waals surface area (Å²) in [6, 6.07) is 0. The zero-order valence-electron chi connectivity index (χ0n) is 16.9. The standard InChI is InChI=1S/C20H41N5/c1-18-7-4-8-19(17-18)9-11-23-20(21-2)22-10-5-13-25-14-6-12-24(3)15-16-25/h18-19H,4-17H2,1-3H3,(H2,21,22,23). The van der Waals surface area contributed by atoms with E-state index in [1.165, 1.54) is 77.7 Å². The van der Waals surface area contributed by atoms with E-state index in [1.54, 1.807) is 0 Å². The number of hydrogen-bond acceptors (Lipinski definition) is 3. The molecule has 2 rings (SSSR count). The van der Waals surface area contributed by atoms with Crippen LogP contribution in [0.2, 0.25) is 0 Å². The van der Waals surface area contributed by atoms with Crippen molar-refractivity contribution in [2.45, 2.75) is 51.9 Å². The van der Waals surface area contributed by atoms with Crippen LogP contribution in [-0.2, 0) is 0 Å². The molecule has 0 aromatic carbocycles. The quantitative estimate of drug-likeness (QED) is 0.420. The van der Waals surface area contributed by atoms with E-state index < -0.39 is 0 Å². The normalized spacial score (nSPS) is 27.1. The van der Waals surface area contributed by atoms with Crippen LogP contribution in [-0.4, -0.2) is 75.7 Å². The van der Waals surface area contributed by atoms with Crippen LogP contribution in [0.3, 0.4) is 0 Å². The predicted octanol–water partition coefficient (Wildman–Crippen LogP) is 2.40. The Morgan fingerprint density at radius 1 is 1.04 bits per heavy atom. The minimum absolute atomic E-state index is 0.913. The summed E-state index contributed by atoms with van der Waals surface area (Å²) in [7, 11) is 4.11. The van der Waals surface area contributed by atoms with Gasteiger partial charge in [-0.3, -0.25) is 4.99 Å². The molecule has 0 radical (unpaired) electrons. The molecule has 0 amide bonds. The Morgan fingerprint density at radius 3 is 2.68 bits per heavy atom. The van der Waals surface area contributed by atoms with E-state index in [0.717, 1.165) is 30.9 Å². The fourth-order valence-corrected chi connectivity index (χ4v) is 4.27. The van der Waals surface area contributed by atoms with Crippen LogP contribution < -0.4 is 10.6 Å². The second-order valence-corrected chi connectivity index (χ2v) is 8.20. The summed E-state index contributed by atoms with van der Waals surface area (Å²) >= 11 is 0. The molecule has 5 nitrogen and oxygen atoms in total. The number of aliphatic imine (C=N–C) groups is 1. The van der Waals surface area contributed by atoms with E-state index in [2.05, 4.69) is 39.4 Å². The van der Waals surface area contributed by atoms with Crippen LogP contribution in [0.5, 0.6) is 0 Å². The Kier molecular flexibility index (Phi) is 9.63. The second kappa shape index (κ2) is 11.7. The summed E-state index contributed by atoms with van der Waals surface area (Å²) in [5.74, 6) is 2.81. The lowest BCUT2D eigenvalue weighted by molar-refractivity contribution is 0.270. The monoisotopic (exact) mass is 351 g/mol. The van der Waals surface area contributed by atoms with E-state index >= 15 is 0 Å². The van der Waals surface area contributed by atoms with Gasteiger partial charge in [0.05, 0.1) is 0 Å². The van der Waals surface area contributed by atoms with Crippen molar-refractivity contribution in [1.82, 2.24) is 20.4 Å². The summed E-state index contributed by atoms with van der Waals surface area (Å²) in [6.45, 7) is 10.6. The highest BCUT2D eigenvalue weighted by Crippen LogP contribution is 2.30. The van der Waals surface area contributed by atoms with Crippen LogP contribution in [0.1, 0.15) is 51.9 Å². The summed E-state index contributed by atoms with van der Waals surface area (Å²) in [5.41, 5.74) is 0. The van der Waals surface area contributed by atoms with Gasteiger partial charge in [0, 0.05) is 33.2 Å². The highest BCUT2D eigenvalue weighted by Gasteiger charge is 2.18. The third kappa shape index (κ3) is 8.41. The Morgan fingerprint density at radius 2 is 1.88 bits per heavy atom. The number of rotatable bonds is 7. The molecule has 1 aliphatic carbocycles. The molecule has 0 bridgehead atoms. The molecule has 2 atom stereocenters. The molecule has 2 unspecified atom stereocenters. The summed E-state index contributed by atoms with van der Waals surface area (Å²) in [5, 5.41) is 6.99. The SMILES string of the molecule is CN=C(NCCCN1CCCN(C)CC1)NCCC1CCCC(C)C1. The van der Waals surface area contributed by atoms with Crippen molar-refractivity contribution in [3.05, 3.63) is 0 Å². The molecule has 5 heteroatoms. The van der Waals surface area contributed by atoms with Gasteiger partial charge < -0.3 is 20.4 Å². The average molecular weight is 352 g/mol. The fourth-order valence-electron chi connectivity index (χ4n) is 4.27. The topological polar surface area (TPSA) is 42.9 Å². The molecule has 0 spiro atoms. The van der Waals surface area contributed by atoms with Gasteiger partial charge in [0.1, 0.15) is 0 Å². The van der Waals surface area contributed by atoms with Crippen LogP contribution in [0.4, 0.5) is 0 Å². The number of hydrogen-bond donors (Lipinski definition) is 2. The molecule has 2 fully saturated rings. The van der Waals surface area contributed by atoms with Crippen molar-refractivity contribution in [3.63, 3.8) is 0 Å². The van der Waals surface area contributed by atoms with Gasteiger partial charge in [0.15, 0.2) is 5.96 Å². The molecule has 0 aromatic heterocycles.